The Morgan fingerprint density at radius 2 is 1.74 bits per heavy atom. The van der Waals surface area contributed by atoms with Gasteiger partial charge < -0.3 is 15.2 Å². The Hall–Kier alpha value is -3.45. The van der Waals surface area contributed by atoms with Crippen molar-refractivity contribution >= 4 is 33.5 Å². The molecule has 174 valence electrons. The number of aromatic amines is 1. The number of piperazine rings is 1. The van der Waals surface area contributed by atoms with Crippen molar-refractivity contribution in [3.8, 4) is 11.1 Å². The quantitative estimate of drug-likeness (QED) is 0.450. The predicted octanol–water partition coefficient (Wildman–Crippen LogP) is 4.34. The molecule has 4 aromatic rings. The average Bonchev–Trinajstić information content (AvgIpc) is 3.19. The lowest BCUT2D eigenvalue weighted by molar-refractivity contribution is 0.0946. The summed E-state index contributed by atoms with van der Waals surface area (Å²) >= 11 is 0. The van der Waals surface area contributed by atoms with E-state index in [1.54, 1.807) is 0 Å². The first kappa shape index (κ1) is 21.1. The van der Waals surface area contributed by atoms with E-state index >= 15 is 4.39 Å². The molecule has 2 aromatic carbocycles. The number of amides is 1. The van der Waals surface area contributed by atoms with Gasteiger partial charge in [0.15, 0.2) is 0 Å². The SMILES string of the molecule is CC(C)N1CCN(c2ccc(-c3cc4c(nc3F)[nH]c3cc5c(cc34)CCNC5=O)cc2)CC1. The summed E-state index contributed by atoms with van der Waals surface area (Å²) in [6.07, 6.45) is 0.790. The van der Waals surface area contributed by atoms with Gasteiger partial charge in [0, 0.05) is 71.9 Å². The number of rotatable bonds is 3. The van der Waals surface area contributed by atoms with Gasteiger partial charge in [0.2, 0.25) is 5.95 Å². The molecule has 34 heavy (non-hydrogen) atoms. The van der Waals surface area contributed by atoms with Gasteiger partial charge in [-0.15, -0.1) is 0 Å². The fourth-order valence-corrected chi connectivity index (χ4v) is 5.26. The van der Waals surface area contributed by atoms with Crippen LogP contribution in [-0.4, -0.2) is 59.5 Å². The highest BCUT2D eigenvalue weighted by molar-refractivity contribution is 6.10. The molecule has 2 aliphatic heterocycles. The van der Waals surface area contributed by atoms with Gasteiger partial charge >= 0.3 is 0 Å². The van der Waals surface area contributed by atoms with Gasteiger partial charge in [-0.25, -0.2) is 4.98 Å². The molecule has 1 saturated heterocycles. The van der Waals surface area contributed by atoms with E-state index in [0.717, 1.165) is 60.0 Å². The highest BCUT2D eigenvalue weighted by Gasteiger charge is 2.21. The molecule has 2 N–H and O–H groups in total. The molecule has 0 atom stereocenters. The van der Waals surface area contributed by atoms with E-state index in [4.69, 9.17) is 0 Å². The summed E-state index contributed by atoms with van der Waals surface area (Å²) in [6, 6.07) is 14.5. The lowest BCUT2D eigenvalue weighted by Gasteiger charge is -2.38. The molecule has 0 radical (unpaired) electrons. The van der Waals surface area contributed by atoms with Crippen LogP contribution in [0.1, 0.15) is 29.8 Å². The van der Waals surface area contributed by atoms with E-state index in [9.17, 15) is 4.79 Å². The maximum atomic E-state index is 15.1. The summed E-state index contributed by atoms with van der Waals surface area (Å²) in [5, 5.41) is 4.72. The Morgan fingerprint density at radius 3 is 2.47 bits per heavy atom. The first-order valence-corrected chi connectivity index (χ1v) is 12.0. The molecule has 1 amide bonds. The molecule has 7 heteroatoms. The van der Waals surface area contributed by atoms with Gasteiger partial charge in [-0.3, -0.25) is 9.69 Å². The van der Waals surface area contributed by atoms with Gasteiger partial charge in [-0.05, 0) is 61.7 Å². The van der Waals surface area contributed by atoms with Crippen molar-refractivity contribution in [2.75, 3.05) is 37.6 Å². The van der Waals surface area contributed by atoms with Gasteiger partial charge in [0.25, 0.3) is 5.91 Å². The summed E-state index contributed by atoms with van der Waals surface area (Å²) < 4.78 is 15.1. The van der Waals surface area contributed by atoms with Crippen LogP contribution in [0.15, 0.2) is 42.5 Å². The zero-order valence-electron chi connectivity index (χ0n) is 19.5. The second kappa shape index (κ2) is 8.09. The molecule has 0 unspecified atom stereocenters. The van der Waals surface area contributed by atoms with Crippen molar-refractivity contribution in [2.45, 2.75) is 26.3 Å². The fraction of sp³-hybridized carbons (Fsp3) is 0.333. The molecule has 6 rings (SSSR count). The topological polar surface area (TPSA) is 64.3 Å². The fourth-order valence-electron chi connectivity index (χ4n) is 5.26. The van der Waals surface area contributed by atoms with Gasteiger partial charge in [-0.1, -0.05) is 12.1 Å². The van der Waals surface area contributed by atoms with Crippen molar-refractivity contribution in [1.29, 1.82) is 0 Å². The highest BCUT2D eigenvalue weighted by Crippen LogP contribution is 2.33. The number of benzene rings is 2. The smallest absolute Gasteiger partial charge is 0.251 e. The van der Waals surface area contributed by atoms with Crippen LogP contribution >= 0.6 is 0 Å². The molecule has 2 aromatic heterocycles. The first-order valence-electron chi connectivity index (χ1n) is 12.0. The van der Waals surface area contributed by atoms with Crippen molar-refractivity contribution < 1.29 is 9.18 Å². The van der Waals surface area contributed by atoms with E-state index < -0.39 is 5.95 Å². The summed E-state index contributed by atoms with van der Waals surface area (Å²) in [6.45, 7) is 9.22. The van der Waals surface area contributed by atoms with E-state index in [1.165, 1.54) is 5.69 Å². The molecule has 4 heterocycles. The van der Waals surface area contributed by atoms with Crippen LogP contribution in [0, 0.1) is 5.95 Å². The largest absolute Gasteiger partial charge is 0.369 e. The Balaban J connectivity index is 1.34. The first-order chi connectivity index (χ1) is 16.5. The number of carbonyl (C=O) groups excluding carboxylic acids is 1. The number of fused-ring (bicyclic) bond motifs is 4. The summed E-state index contributed by atoms with van der Waals surface area (Å²) in [7, 11) is 0. The second-order valence-corrected chi connectivity index (χ2v) is 9.57. The average molecular weight is 458 g/mol. The number of nitrogens with one attached hydrogen (secondary N) is 2. The Labute approximate surface area is 197 Å². The number of hydrogen-bond acceptors (Lipinski definition) is 4. The van der Waals surface area contributed by atoms with Crippen molar-refractivity contribution in [3.63, 3.8) is 0 Å². The minimum Gasteiger partial charge on any atom is -0.369 e. The van der Waals surface area contributed by atoms with Crippen LogP contribution in [-0.2, 0) is 6.42 Å². The van der Waals surface area contributed by atoms with Crippen LogP contribution in [0.5, 0.6) is 0 Å². The monoisotopic (exact) mass is 457 g/mol. The molecule has 2 aliphatic rings. The number of halogens is 1. The molecule has 0 spiro atoms. The lowest BCUT2D eigenvalue weighted by Crippen LogP contribution is -2.48. The van der Waals surface area contributed by atoms with Crippen LogP contribution in [0.4, 0.5) is 10.1 Å². The lowest BCUT2D eigenvalue weighted by atomic mass is 9.97. The Bertz CT molecular complexity index is 1400. The van der Waals surface area contributed by atoms with Gasteiger partial charge in [-0.2, -0.15) is 4.39 Å². The van der Waals surface area contributed by atoms with Crippen molar-refractivity contribution in [1.82, 2.24) is 20.2 Å². The number of H-pyrrole nitrogens is 1. The number of nitrogens with zero attached hydrogens (tertiary/aromatic N) is 3. The molecule has 0 saturated carbocycles. The van der Waals surface area contributed by atoms with E-state index in [2.05, 4.69) is 51.1 Å². The number of anilines is 1. The maximum Gasteiger partial charge on any atom is 0.251 e. The van der Waals surface area contributed by atoms with Gasteiger partial charge in [0.1, 0.15) is 5.65 Å². The van der Waals surface area contributed by atoms with E-state index in [-0.39, 0.29) is 5.91 Å². The standard InChI is InChI=1S/C27H28FN5O/c1-16(2)32-9-11-33(12-10-32)19-5-3-17(4-6-19)20-14-23-22-13-18-7-8-29-27(34)21(18)15-24(22)30-26(23)31-25(20)28/h3-6,13-16H,7-12H2,1-2H3,(H,29,34)(H,30,31). The molecule has 0 aliphatic carbocycles. The number of carbonyl (C=O) groups is 1. The molecule has 1 fully saturated rings. The van der Waals surface area contributed by atoms with Gasteiger partial charge in [0.05, 0.1) is 0 Å². The zero-order valence-corrected chi connectivity index (χ0v) is 19.5. The van der Waals surface area contributed by atoms with E-state index in [0.29, 0.717) is 29.4 Å². The second-order valence-electron chi connectivity index (χ2n) is 9.57. The Kier molecular flexibility index (Phi) is 5.03. The summed E-state index contributed by atoms with van der Waals surface area (Å²) in [5.41, 5.74) is 5.45. The van der Waals surface area contributed by atoms with Crippen LogP contribution in [0.25, 0.3) is 33.1 Å². The molecule has 0 bridgehead atoms. The molecular weight excluding hydrogens is 429 g/mol. The molecular formula is C27H28FN5O. The van der Waals surface area contributed by atoms with Crippen molar-refractivity contribution in [3.05, 3.63) is 59.5 Å². The summed E-state index contributed by atoms with van der Waals surface area (Å²) in [5.74, 6) is -0.563. The Morgan fingerprint density at radius 1 is 0.971 bits per heavy atom. The van der Waals surface area contributed by atoms with Crippen LogP contribution in [0.3, 0.4) is 0 Å². The third-order valence-corrected chi connectivity index (χ3v) is 7.28. The van der Waals surface area contributed by atoms with Crippen LogP contribution < -0.4 is 10.2 Å². The zero-order chi connectivity index (χ0) is 23.4. The predicted molar refractivity (Wildman–Crippen MR) is 134 cm³/mol. The van der Waals surface area contributed by atoms with E-state index in [1.807, 2.05) is 30.3 Å². The normalized spacial score (nSPS) is 16.9. The minimum absolute atomic E-state index is 0.0626. The highest BCUT2D eigenvalue weighted by atomic mass is 19.1. The minimum atomic E-state index is -0.500. The van der Waals surface area contributed by atoms with Crippen LogP contribution in [0.2, 0.25) is 0 Å². The third kappa shape index (κ3) is 3.51. The third-order valence-electron chi connectivity index (χ3n) is 7.28. The number of pyridine rings is 1. The summed E-state index contributed by atoms with van der Waals surface area (Å²) in [4.78, 5) is 24.5. The molecule has 6 nitrogen and oxygen atoms in total. The number of hydrogen-bond donors (Lipinski definition) is 2. The maximum absolute atomic E-state index is 15.1. The van der Waals surface area contributed by atoms with Crippen molar-refractivity contribution in [2.24, 2.45) is 0 Å². The number of aromatic nitrogens is 2.